The second-order valence-electron chi connectivity index (χ2n) is 4.49. The average molecular weight is 367 g/mol. The van der Waals surface area contributed by atoms with E-state index in [2.05, 4.69) is 21.2 Å². The minimum absolute atomic E-state index is 0.185. The van der Waals surface area contributed by atoms with Crippen LogP contribution in [0.3, 0.4) is 0 Å². The number of halogens is 2. The topological polar surface area (TPSA) is 46.2 Å². The molecule has 0 aliphatic rings. The molecule has 108 valence electrons. The van der Waals surface area contributed by atoms with E-state index in [-0.39, 0.29) is 16.5 Å². The molecule has 2 aromatic carbocycles. The van der Waals surface area contributed by atoms with E-state index >= 15 is 0 Å². The zero-order valence-electron chi connectivity index (χ0n) is 11.3. The number of nitrogens with one attached hydrogen (secondary N) is 1. The first kappa shape index (κ1) is 15.7. The van der Waals surface area contributed by atoms with Crippen molar-refractivity contribution in [3.63, 3.8) is 0 Å². The highest BCUT2D eigenvalue weighted by molar-refractivity contribution is 9.10. The molecule has 3 nitrogen and oxygen atoms in total. The van der Waals surface area contributed by atoms with E-state index in [1.54, 1.807) is 49.4 Å². The van der Waals surface area contributed by atoms with E-state index in [4.69, 9.17) is 11.6 Å². The van der Waals surface area contributed by atoms with Crippen molar-refractivity contribution in [3.8, 4) is 0 Å². The van der Waals surface area contributed by atoms with E-state index < -0.39 is 0 Å². The maximum atomic E-state index is 12.5. The Labute approximate surface area is 136 Å². The lowest BCUT2D eigenvalue weighted by Gasteiger charge is -2.12. The van der Waals surface area contributed by atoms with E-state index in [9.17, 15) is 9.59 Å². The Kier molecular flexibility index (Phi) is 5.15. The van der Waals surface area contributed by atoms with Crippen LogP contribution in [0.25, 0.3) is 0 Å². The summed E-state index contributed by atoms with van der Waals surface area (Å²) in [5.74, 6) is -0.407. The van der Waals surface area contributed by atoms with Crippen molar-refractivity contribution in [2.75, 3.05) is 5.32 Å². The molecule has 0 saturated heterocycles. The summed E-state index contributed by atoms with van der Waals surface area (Å²) < 4.78 is 0. The Morgan fingerprint density at radius 3 is 2.43 bits per heavy atom. The van der Waals surface area contributed by atoms with Crippen molar-refractivity contribution in [1.29, 1.82) is 0 Å². The average Bonchev–Trinajstić information content (AvgIpc) is 2.49. The summed E-state index contributed by atoms with van der Waals surface area (Å²) in [5, 5.41) is 3.17. The molecule has 0 radical (unpaired) electrons. The van der Waals surface area contributed by atoms with Crippen molar-refractivity contribution >= 4 is 44.9 Å². The zero-order chi connectivity index (χ0) is 15.4. The molecular formula is C16H13BrClNO2. The van der Waals surface area contributed by atoms with E-state index in [1.165, 1.54) is 0 Å². The van der Waals surface area contributed by atoms with Gasteiger partial charge in [0.25, 0.3) is 0 Å². The van der Waals surface area contributed by atoms with Crippen LogP contribution in [-0.2, 0) is 4.79 Å². The lowest BCUT2D eigenvalue weighted by molar-refractivity contribution is -0.115. The molecule has 0 bridgehead atoms. The summed E-state index contributed by atoms with van der Waals surface area (Å²) >= 11 is 9.17. The van der Waals surface area contributed by atoms with Crippen LogP contribution in [0.15, 0.2) is 48.5 Å². The van der Waals surface area contributed by atoms with Gasteiger partial charge in [-0.1, -0.05) is 57.9 Å². The molecule has 0 saturated carbocycles. The van der Waals surface area contributed by atoms with Crippen molar-refractivity contribution in [3.05, 3.63) is 64.7 Å². The highest BCUT2D eigenvalue weighted by Gasteiger charge is 2.17. The third kappa shape index (κ3) is 3.93. The van der Waals surface area contributed by atoms with Gasteiger partial charge >= 0.3 is 0 Å². The first-order valence-corrected chi connectivity index (χ1v) is 7.62. The number of benzene rings is 2. The van der Waals surface area contributed by atoms with Gasteiger partial charge in [0, 0.05) is 16.1 Å². The van der Waals surface area contributed by atoms with Gasteiger partial charge in [-0.15, -0.1) is 0 Å². The van der Waals surface area contributed by atoms with Gasteiger partial charge in [-0.2, -0.15) is 0 Å². The lowest BCUT2D eigenvalue weighted by Crippen LogP contribution is -2.21. The predicted octanol–water partition coefficient (Wildman–Crippen LogP) is 4.29. The molecule has 0 fully saturated rings. The molecule has 0 aliphatic heterocycles. The third-order valence-electron chi connectivity index (χ3n) is 2.88. The predicted molar refractivity (Wildman–Crippen MR) is 88.3 cm³/mol. The maximum Gasteiger partial charge on any atom is 0.237 e. The lowest BCUT2D eigenvalue weighted by atomic mass is 10.0. The van der Waals surface area contributed by atoms with Crippen molar-refractivity contribution < 1.29 is 9.59 Å². The molecule has 0 heterocycles. The molecule has 1 amide bonds. The van der Waals surface area contributed by atoms with Gasteiger partial charge in [0.15, 0.2) is 5.78 Å². The first-order chi connectivity index (χ1) is 9.99. The zero-order valence-corrected chi connectivity index (χ0v) is 13.6. The van der Waals surface area contributed by atoms with Crippen LogP contribution in [0.1, 0.15) is 22.8 Å². The van der Waals surface area contributed by atoms with Gasteiger partial charge in [0.1, 0.15) is 0 Å². The first-order valence-electron chi connectivity index (χ1n) is 6.33. The van der Waals surface area contributed by atoms with Crippen LogP contribution in [0, 0.1) is 0 Å². The quantitative estimate of drug-likeness (QED) is 0.648. The summed E-state index contributed by atoms with van der Waals surface area (Å²) in [6.45, 7) is 1.71. The van der Waals surface area contributed by atoms with E-state index in [1.807, 2.05) is 6.07 Å². The van der Waals surface area contributed by atoms with Crippen molar-refractivity contribution in [1.82, 2.24) is 0 Å². The van der Waals surface area contributed by atoms with E-state index in [0.717, 1.165) is 0 Å². The van der Waals surface area contributed by atoms with Crippen LogP contribution in [0.5, 0.6) is 0 Å². The summed E-state index contributed by atoms with van der Waals surface area (Å²) in [7, 11) is 0. The minimum atomic E-state index is -0.354. The Morgan fingerprint density at radius 2 is 1.81 bits per heavy atom. The second kappa shape index (κ2) is 6.87. The highest BCUT2D eigenvalue weighted by atomic mass is 79.9. The molecule has 0 unspecified atom stereocenters. The second-order valence-corrected chi connectivity index (χ2v) is 6.30. The molecule has 0 aromatic heterocycles. The van der Waals surface area contributed by atoms with Gasteiger partial charge in [-0.25, -0.2) is 0 Å². The summed E-state index contributed by atoms with van der Waals surface area (Å²) in [6.07, 6.45) is 0. The molecule has 1 N–H and O–H groups in total. The number of hydrogen-bond donors (Lipinski definition) is 1. The van der Waals surface area contributed by atoms with Gasteiger partial charge in [0.05, 0.1) is 10.5 Å². The number of carbonyl (C=O) groups is 2. The Balaban J connectivity index is 2.40. The fourth-order valence-electron chi connectivity index (χ4n) is 1.79. The number of amides is 1. The summed E-state index contributed by atoms with van der Waals surface area (Å²) in [6, 6.07) is 13.7. The number of alkyl halides is 1. The number of anilines is 1. The normalized spacial score (nSPS) is 11.8. The Morgan fingerprint density at radius 1 is 1.14 bits per heavy atom. The standard InChI is InChI=1S/C16H13BrClNO2/c1-10(17)16(21)19-14-8-7-12(18)9-13(14)15(20)11-5-3-2-4-6-11/h2-10H,1H3,(H,19,21)/t10-/m1/s1. The number of carbonyl (C=O) groups excluding carboxylic acids is 2. The SMILES string of the molecule is C[C@@H](Br)C(=O)Nc1ccc(Cl)cc1C(=O)c1ccccc1. The molecule has 2 rings (SSSR count). The van der Waals surface area contributed by atoms with Crippen LogP contribution in [0.2, 0.25) is 5.02 Å². The van der Waals surface area contributed by atoms with Gasteiger partial charge in [-0.3, -0.25) is 9.59 Å². The van der Waals surface area contributed by atoms with Crippen LogP contribution in [0.4, 0.5) is 5.69 Å². The van der Waals surface area contributed by atoms with Gasteiger partial charge in [0.2, 0.25) is 5.91 Å². The van der Waals surface area contributed by atoms with Crippen LogP contribution < -0.4 is 5.32 Å². The van der Waals surface area contributed by atoms with Crippen LogP contribution >= 0.6 is 27.5 Å². The number of rotatable bonds is 4. The minimum Gasteiger partial charge on any atom is -0.324 e. The Hall–Kier alpha value is -1.65. The Bertz CT molecular complexity index is 671. The van der Waals surface area contributed by atoms with E-state index in [0.29, 0.717) is 21.8 Å². The van der Waals surface area contributed by atoms with Crippen molar-refractivity contribution in [2.45, 2.75) is 11.8 Å². The monoisotopic (exact) mass is 365 g/mol. The molecule has 2 aromatic rings. The van der Waals surface area contributed by atoms with Gasteiger partial charge < -0.3 is 5.32 Å². The molecule has 1 atom stereocenters. The summed E-state index contributed by atoms with van der Waals surface area (Å²) in [5.41, 5.74) is 1.36. The third-order valence-corrected chi connectivity index (χ3v) is 3.53. The highest BCUT2D eigenvalue weighted by Crippen LogP contribution is 2.24. The largest absolute Gasteiger partial charge is 0.324 e. The van der Waals surface area contributed by atoms with Gasteiger partial charge in [-0.05, 0) is 25.1 Å². The number of ketones is 1. The fraction of sp³-hybridized carbons (Fsp3) is 0.125. The molecular weight excluding hydrogens is 354 g/mol. The molecule has 5 heteroatoms. The fourth-order valence-corrected chi connectivity index (χ4v) is 2.08. The smallest absolute Gasteiger partial charge is 0.237 e. The van der Waals surface area contributed by atoms with Crippen molar-refractivity contribution in [2.24, 2.45) is 0 Å². The molecule has 21 heavy (non-hydrogen) atoms. The maximum absolute atomic E-state index is 12.5. The summed E-state index contributed by atoms with van der Waals surface area (Å²) in [4.78, 5) is 24.0. The molecule has 0 spiro atoms. The molecule has 0 aliphatic carbocycles. The number of hydrogen-bond acceptors (Lipinski definition) is 2. The van der Waals surface area contributed by atoms with Crippen LogP contribution in [-0.4, -0.2) is 16.5 Å².